The lowest BCUT2D eigenvalue weighted by atomic mass is 10.1. The molecular weight excluding hydrogens is 280 g/mol. The van der Waals surface area contributed by atoms with E-state index in [1.165, 1.54) is 0 Å². The molecule has 5 heteroatoms. The second-order valence-electron chi connectivity index (χ2n) is 3.47. The molecule has 0 radical (unpaired) electrons. The van der Waals surface area contributed by atoms with E-state index in [1.807, 2.05) is 0 Å². The summed E-state index contributed by atoms with van der Waals surface area (Å²) in [4.78, 5) is 4.18. The summed E-state index contributed by atoms with van der Waals surface area (Å²) in [5, 5.41) is 10.4. The van der Waals surface area contributed by atoms with Gasteiger partial charge in [-0.1, -0.05) is 40.9 Å². The quantitative estimate of drug-likeness (QED) is 0.840. The summed E-state index contributed by atoms with van der Waals surface area (Å²) >= 11 is 17.6. The van der Waals surface area contributed by atoms with Crippen LogP contribution in [0.4, 0.5) is 0 Å². The highest BCUT2D eigenvalue weighted by atomic mass is 35.5. The van der Waals surface area contributed by atoms with Crippen LogP contribution in [-0.2, 0) is 6.61 Å². The highest BCUT2D eigenvalue weighted by Crippen LogP contribution is 2.28. The number of hydrogen-bond donors (Lipinski definition) is 1. The third kappa shape index (κ3) is 2.90. The van der Waals surface area contributed by atoms with Crippen molar-refractivity contribution in [2.75, 3.05) is 0 Å². The first-order chi connectivity index (χ1) is 8.10. The van der Waals surface area contributed by atoms with Gasteiger partial charge in [-0.05, 0) is 29.8 Å². The lowest BCUT2D eigenvalue weighted by molar-refractivity contribution is 0.282. The Morgan fingerprint density at radius 1 is 1.00 bits per heavy atom. The maximum Gasteiger partial charge on any atom is 0.130 e. The number of hydrogen-bond acceptors (Lipinski definition) is 2. The van der Waals surface area contributed by atoms with Crippen LogP contribution in [0.2, 0.25) is 15.2 Å². The monoisotopic (exact) mass is 287 g/mol. The van der Waals surface area contributed by atoms with Crippen molar-refractivity contribution < 1.29 is 5.11 Å². The van der Waals surface area contributed by atoms with Crippen molar-refractivity contribution in [1.82, 2.24) is 4.98 Å². The molecule has 1 heterocycles. The number of halogens is 3. The van der Waals surface area contributed by atoms with Crippen LogP contribution in [0, 0.1) is 0 Å². The summed E-state index contributed by atoms with van der Waals surface area (Å²) in [6, 6.07) is 8.58. The maximum absolute atomic E-state index is 9.10. The SMILES string of the molecule is OCc1cc(Cl)nc(-c2ccc(Cl)c(Cl)c2)c1. The lowest BCUT2D eigenvalue weighted by Gasteiger charge is -2.05. The molecular formula is C12H8Cl3NO. The number of aliphatic hydroxyl groups is 1. The second-order valence-corrected chi connectivity index (χ2v) is 4.67. The van der Waals surface area contributed by atoms with Crippen molar-refractivity contribution in [2.45, 2.75) is 6.61 Å². The molecule has 0 amide bonds. The fraction of sp³-hybridized carbons (Fsp3) is 0.0833. The molecule has 0 bridgehead atoms. The van der Waals surface area contributed by atoms with Crippen LogP contribution in [0.15, 0.2) is 30.3 Å². The zero-order chi connectivity index (χ0) is 12.4. The molecule has 17 heavy (non-hydrogen) atoms. The van der Waals surface area contributed by atoms with Crippen LogP contribution in [0.1, 0.15) is 5.56 Å². The zero-order valence-corrected chi connectivity index (χ0v) is 10.9. The third-order valence-corrected chi connectivity index (χ3v) is 3.18. The fourth-order valence-electron chi connectivity index (χ4n) is 1.44. The zero-order valence-electron chi connectivity index (χ0n) is 8.62. The van der Waals surface area contributed by atoms with Gasteiger partial charge in [0.2, 0.25) is 0 Å². The van der Waals surface area contributed by atoms with Gasteiger partial charge in [-0.15, -0.1) is 0 Å². The highest BCUT2D eigenvalue weighted by molar-refractivity contribution is 6.42. The Kier molecular flexibility index (Phi) is 3.89. The lowest BCUT2D eigenvalue weighted by Crippen LogP contribution is -1.90. The van der Waals surface area contributed by atoms with Crippen molar-refractivity contribution in [3.8, 4) is 11.3 Å². The second kappa shape index (κ2) is 5.23. The number of aliphatic hydroxyl groups excluding tert-OH is 1. The van der Waals surface area contributed by atoms with Crippen LogP contribution in [0.3, 0.4) is 0 Å². The van der Waals surface area contributed by atoms with Gasteiger partial charge in [-0.2, -0.15) is 0 Å². The molecule has 1 aromatic carbocycles. The number of rotatable bonds is 2. The van der Waals surface area contributed by atoms with Gasteiger partial charge in [-0.25, -0.2) is 4.98 Å². The summed E-state index contributed by atoms with van der Waals surface area (Å²) in [6.07, 6.45) is 0. The van der Waals surface area contributed by atoms with E-state index in [0.717, 1.165) is 5.56 Å². The molecule has 1 aromatic heterocycles. The molecule has 0 aliphatic carbocycles. The molecule has 0 unspecified atom stereocenters. The Morgan fingerprint density at radius 2 is 1.76 bits per heavy atom. The van der Waals surface area contributed by atoms with Gasteiger partial charge in [0.1, 0.15) is 5.15 Å². The van der Waals surface area contributed by atoms with Crippen LogP contribution in [0.25, 0.3) is 11.3 Å². The van der Waals surface area contributed by atoms with E-state index in [0.29, 0.717) is 26.5 Å². The number of aromatic nitrogens is 1. The summed E-state index contributed by atoms with van der Waals surface area (Å²) in [5.41, 5.74) is 2.16. The van der Waals surface area contributed by atoms with Crippen molar-refractivity contribution in [3.63, 3.8) is 0 Å². The predicted octanol–water partition coefficient (Wildman–Crippen LogP) is 4.20. The molecule has 0 saturated heterocycles. The Labute approximate surface area is 114 Å². The molecule has 1 N–H and O–H groups in total. The fourth-order valence-corrected chi connectivity index (χ4v) is 1.97. The van der Waals surface area contributed by atoms with Gasteiger partial charge in [0.25, 0.3) is 0 Å². The first kappa shape index (κ1) is 12.7. The standard InChI is InChI=1S/C12H8Cl3NO/c13-9-2-1-8(5-10(9)14)11-3-7(6-17)4-12(15)16-11/h1-5,17H,6H2. The van der Waals surface area contributed by atoms with Crippen LogP contribution < -0.4 is 0 Å². The summed E-state index contributed by atoms with van der Waals surface area (Å²) in [7, 11) is 0. The van der Waals surface area contributed by atoms with Gasteiger partial charge in [0.15, 0.2) is 0 Å². The van der Waals surface area contributed by atoms with E-state index in [4.69, 9.17) is 39.9 Å². The van der Waals surface area contributed by atoms with Gasteiger partial charge in [-0.3, -0.25) is 0 Å². The van der Waals surface area contributed by atoms with Gasteiger partial charge >= 0.3 is 0 Å². The Balaban J connectivity index is 2.52. The highest BCUT2D eigenvalue weighted by Gasteiger charge is 2.06. The minimum atomic E-state index is -0.0867. The Bertz CT molecular complexity index is 557. The molecule has 0 spiro atoms. The number of benzene rings is 1. The maximum atomic E-state index is 9.10. The average Bonchev–Trinajstić information content (AvgIpc) is 2.32. The largest absolute Gasteiger partial charge is 0.392 e. The first-order valence-corrected chi connectivity index (χ1v) is 5.96. The molecule has 0 atom stereocenters. The Hall–Kier alpha value is -0.800. The van der Waals surface area contributed by atoms with Crippen molar-refractivity contribution in [2.24, 2.45) is 0 Å². The van der Waals surface area contributed by atoms with Crippen LogP contribution >= 0.6 is 34.8 Å². The minimum Gasteiger partial charge on any atom is -0.392 e. The van der Waals surface area contributed by atoms with Crippen LogP contribution in [-0.4, -0.2) is 10.1 Å². The molecule has 0 saturated carbocycles. The predicted molar refractivity (Wildman–Crippen MR) is 70.6 cm³/mol. The van der Waals surface area contributed by atoms with Crippen molar-refractivity contribution in [1.29, 1.82) is 0 Å². The van der Waals surface area contributed by atoms with Gasteiger partial charge in [0.05, 0.1) is 22.3 Å². The molecule has 2 rings (SSSR count). The topological polar surface area (TPSA) is 33.1 Å². The molecule has 88 valence electrons. The Morgan fingerprint density at radius 3 is 2.41 bits per heavy atom. The molecule has 2 nitrogen and oxygen atoms in total. The number of nitrogens with zero attached hydrogens (tertiary/aromatic N) is 1. The molecule has 2 aromatic rings. The van der Waals surface area contributed by atoms with Gasteiger partial charge < -0.3 is 5.11 Å². The molecule has 0 fully saturated rings. The smallest absolute Gasteiger partial charge is 0.130 e. The van der Waals surface area contributed by atoms with E-state index in [2.05, 4.69) is 4.98 Å². The van der Waals surface area contributed by atoms with Crippen LogP contribution in [0.5, 0.6) is 0 Å². The number of pyridine rings is 1. The van der Waals surface area contributed by atoms with E-state index in [9.17, 15) is 0 Å². The van der Waals surface area contributed by atoms with E-state index in [1.54, 1.807) is 30.3 Å². The average molecular weight is 289 g/mol. The van der Waals surface area contributed by atoms with E-state index in [-0.39, 0.29) is 6.61 Å². The first-order valence-electron chi connectivity index (χ1n) is 4.83. The third-order valence-electron chi connectivity index (χ3n) is 2.25. The van der Waals surface area contributed by atoms with E-state index >= 15 is 0 Å². The minimum absolute atomic E-state index is 0.0867. The summed E-state index contributed by atoms with van der Waals surface area (Å²) in [6.45, 7) is -0.0867. The van der Waals surface area contributed by atoms with E-state index < -0.39 is 0 Å². The van der Waals surface area contributed by atoms with Gasteiger partial charge in [0, 0.05) is 5.56 Å². The normalized spacial score (nSPS) is 10.6. The van der Waals surface area contributed by atoms with Crippen molar-refractivity contribution in [3.05, 3.63) is 51.1 Å². The molecule has 0 aliphatic heterocycles. The summed E-state index contributed by atoms with van der Waals surface area (Å²) in [5.74, 6) is 0. The summed E-state index contributed by atoms with van der Waals surface area (Å²) < 4.78 is 0. The molecule has 0 aliphatic rings. The van der Waals surface area contributed by atoms with Crippen molar-refractivity contribution >= 4 is 34.8 Å².